The molecular formula is C23H25NO2. The van der Waals surface area contributed by atoms with Crippen molar-refractivity contribution in [2.24, 2.45) is 5.16 Å². The maximum Gasteiger partial charge on any atom is 0.211 e. The number of ketones is 1. The van der Waals surface area contributed by atoms with Crippen molar-refractivity contribution < 1.29 is 10.0 Å². The molecule has 1 atom stereocenters. The highest BCUT2D eigenvalue weighted by Gasteiger charge is 2.44. The van der Waals surface area contributed by atoms with E-state index in [4.69, 9.17) is 0 Å². The fourth-order valence-corrected chi connectivity index (χ4v) is 5.20. The molecule has 2 aromatic rings. The van der Waals surface area contributed by atoms with E-state index < -0.39 is 0 Å². The Hall–Kier alpha value is -2.42. The monoisotopic (exact) mass is 347 g/mol. The van der Waals surface area contributed by atoms with Crippen LogP contribution in [0.4, 0.5) is 0 Å². The van der Waals surface area contributed by atoms with Gasteiger partial charge in [-0.05, 0) is 52.8 Å². The van der Waals surface area contributed by atoms with Crippen LogP contribution in [0.15, 0.2) is 41.6 Å². The molecule has 0 aromatic heterocycles. The number of hydrogen-bond acceptors (Lipinski definition) is 3. The van der Waals surface area contributed by atoms with Gasteiger partial charge in [-0.2, -0.15) is 0 Å². The second kappa shape index (κ2) is 6.08. The van der Waals surface area contributed by atoms with Crippen LogP contribution in [0, 0.1) is 0 Å². The molecule has 2 aromatic carbocycles. The van der Waals surface area contributed by atoms with Crippen LogP contribution in [-0.4, -0.2) is 16.7 Å². The van der Waals surface area contributed by atoms with Crippen molar-refractivity contribution in [1.29, 1.82) is 0 Å². The molecule has 4 rings (SSSR count). The first-order valence-corrected chi connectivity index (χ1v) is 9.64. The Morgan fingerprint density at radius 1 is 1.00 bits per heavy atom. The Balaban J connectivity index is 2.03. The largest absolute Gasteiger partial charge is 0.411 e. The van der Waals surface area contributed by atoms with Gasteiger partial charge in [0.05, 0.1) is 0 Å². The van der Waals surface area contributed by atoms with Crippen molar-refractivity contribution in [3.8, 4) is 11.1 Å². The summed E-state index contributed by atoms with van der Waals surface area (Å²) in [6.45, 7) is 6.40. The Kier molecular flexibility index (Phi) is 3.98. The van der Waals surface area contributed by atoms with Crippen LogP contribution < -0.4 is 0 Å². The molecule has 0 heterocycles. The van der Waals surface area contributed by atoms with Crippen LogP contribution in [0.5, 0.6) is 0 Å². The summed E-state index contributed by atoms with van der Waals surface area (Å²) in [5, 5.41) is 12.6. The molecule has 2 aliphatic carbocycles. The molecule has 0 saturated carbocycles. The molecule has 0 fully saturated rings. The molecule has 0 spiro atoms. The van der Waals surface area contributed by atoms with E-state index in [0.29, 0.717) is 5.56 Å². The number of benzene rings is 2. The molecule has 3 nitrogen and oxygen atoms in total. The molecule has 26 heavy (non-hydrogen) atoms. The first-order valence-electron chi connectivity index (χ1n) is 9.64. The number of fused-ring (bicyclic) bond motifs is 4. The molecule has 0 aliphatic heterocycles. The maximum absolute atomic E-state index is 12.7. The molecular weight excluding hydrogens is 322 g/mol. The van der Waals surface area contributed by atoms with E-state index >= 15 is 0 Å². The standard InChI is InChI=1S/C23H25NO2/c1-4-10-23(11-5-2)19-9-7-6-8-15(19)17-12-16-14(3)21(24-26)22(25)18(16)13-20(17)23/h6-9,12-14,26H,4-5,10-11H2,1-3H3. The summed E-state index contributed by atoms with van der Waals surface area (Å²) in [6.07, 6.45) is 4.35. The summed E-state index contributed by atoms with van der Waals surface area (Å²) in [6, 6.07) is 13.0. The smallest absolute Gasteiger partial charge is 0.211 e. The van der Waals surface area contributed by atoms with Gasteiger partial charge in [-0.25, -0.2) is 0 Å². The average molecular weight is 347 g/mol. The summed E-state index contributed by atoms with van der Waals surface area (Å²) in [7, 11) is 0. The average Bonchev–Trinajstić information content (AvgIpc) is 3.05. The van der Waals surface area contributed by atoms with Crippen LogP contribution in [0.2, 0.25) is 0 Å². The fraction of sp³-hybridized carbons (Fsp3) is 0.391. The van der Waals surface area contributed by atoms with Crippen molar-refractivity contribution in [3.05, 3.63) is 58.7 Å². The number of oxime groups is 1. The van der Waals surface area contributed by atoms with Crippen molar-refractivity contribution in [2.75, 3.05) is 0 Å². The highest BCUT2D eigenvalue weighted by molar-refractivity contribution is 6.51. The molecule has 3 heteroatoms. The van der Waals surface area contributed by atoms with Gasteiger partial charge < -0.3 is 5.21 Å². The highest BCUT2D eigenvalue weighted by atomic mass is 16.4. The van der Waals surface area contributed by atoms with E-state index in [1.807, 2.05) is 6.92 Å². The van der Waals surface area contributed by atoms with Crippen molar-refractivity contribution >= 4 is 11.5 Å². The van der Waals surface area contributed by atoms with E-state index in [0.717, 1.165) is 31.2 Å². The van der Waals surface area contributed by atoms with E-state index in [1.165, 1.54) is 22.3 Å². The zero-order valence-corrected chi connectivity index (χ0v) is 15.7. The van der Waals surface area contributed by atoms with Crippen LogP contribution in [0.25, 0.3) is 11.1 Å². The molecule has 0 radical (unpaired) electrons. The van der Waals surface area contributed by atoms with E-state index in [9.17, 15) is 10.0 Å². The van der Waals surface area contributed by atoms with Crippen LogP contribution in [0.1, 0.15) is 79.4 Å². The van der Waals surface area contributed by atoms with Gasteiger partial charge in [0.1, 0.15) is 5.71 Å². The molecule has 0 amide bonds. The van der Waals surface area contributed by atoms with Crippen LogP contribution in [-0.2, 0) is 5.41 Å². The molecule has 0 bridgehead atoms. The maximum atomic E-state index is 12.7. The van der Waals surface area contributed by atoms with Crippen molar-refractivity contribution in [1.82, 2.24) is 0 Å². The Morgan fingerprint density at radius 2 is 1.69 bits per heavy atom. The van der Waals surface area contributed by atoms with Gasteiger partial charge >= 0.3 is 0 Å². The topological polar surface area (TPSA) is 49.7 Å². The minimum absolute atomic E-state index is 0.0207. The van der Waals surface area contributed by atoms with Gasteiger partial charge in [-0.1, -0.05) is 63.0 Å². The predicted molar refractivity (Wildman–Crippen MR) is 104 cm³/mol. The lowest BCUT2D eigenvalue weighted by molar-refractivity contribution is 0.106. The second-order valence-electron chi connectivity index (χ2n) is 7.65. The van der Waals surface area contributed by atoms with Gasteiger partial charge in [0, 0.05) is 16.9 Å². The van der Waals surface area contributed by atoms with Crippen molar-refractivity contribution in [2.45, 2.75) is 57.8 Å². The lowest BCUT2D eigenvalue weighted by Gasteiger charge is -2.32. The number of hydrogen-bond donors (Lipinski definition) is 1. The number of carbonyl (C=O) groups excluding carboxylic acids is 1. The zero-order valence-electron chi connectivity index (χ0n) is 15.7. The molecule has 2 aliphatic rings. The van der Waals surface area contributed by atoms with Gasteiger partial charge in [0.25, 0.3) is 0 Å². The first kappa shape index (κ1) is 17.0. The summed E-state index contributed by atoms with van der Waals surface area (Å²) in [5.41, 5.74) is 7.16. The molecule has 1 N–H and O–H groups in total. The minimum Gasteiger partial charge on any atom is -0.411 e. The Morgan fingerprint density at radius 3 is 2.35 bits per heavy atom. The van der Waals surface area contributed by atoms with E-state index in [-0.39, 0.29) is 22.8 Å². The number of Topliss-reactive ketones (excluding diaryl/α,β-unsaturated/α-hetero) is 1. The summed E-state index contributed by atoms with van der Waals surface area (Å²) >= 11 is 0. The lowest BCUT2D eigenvalue weighted by Crippen LogP contribution is -2.25. The highest BCUT2D eigenvalue weighted by Crippen LogP contribution is 2.55. The molecule has 134 valence electrons. The molecule has 0 saturated heterocycles. The fourth-order valence-electron chi connectivity index (χ4n) is 5.20. The SMILES string of the molecule is CCCC1(CCC)c2ccccc2-c2cc3c(cc21)C(=O)C(=NO)C3C. The number of nitrogens with zero attached hydrogens (tertiary/aromatic N) is 1. The van der Waals surface area contributed by atoms with E-state index in [1.54, 1.807) is 0 Å². The quantitative estimate of drug-likeness (QED) is 0.571. The predicted octanol–water partition coefficient (Wildman–Crippen LogP) is 5.68. The third-order valence-electron chi connectivity index (χ3n) is 6.25. The van der Waals surface area contributed by atoms with Crippen LogP contribution >= 0.6 is 0 Å². The normalized spacial score (nSPS) is 21.0. The van der Waals surface area contributed by atoms with E-state index in [2.05, 4.69) is 55.4 Å². The summed E-state index contributed by atoms with van der Waals surface area (Å²) in [5.74, 6) is -0.289. The molecule has 1 unspecified atom stereocenters. The third-order valence-corrected chi connectivity index (χ3v) is 6.25. The summed E-state index contributed by atoms with van der Waals surface area (Å²) < 4.78 is 0. The first-order chi connectivity index (χ1) is 12.6. The van der Waals surface area contributed by atoms with Gasteiger partial charge in [-0.15, -0.1) is 0 Å². The Bertz CT molecular complexity index is 920. The lowest BCUT2D eigenvalue weighted by atomic mass is 9.71. The van der Waals surface area contributed by atoms with Gasteiger partial charge in [0.15, 0.2) is 0 Å². The van der Waals surface area contributed by atoms with Crippen molar-refractivity contribution in [3.63, 3.8) is 0 Å². The Labute approximate surface area is 154 Å². The number of carbonyl (C=O) groups is 1. The zero-order chi connectivity index (χ0) is 18.5. The second-order valence-corrected chi connectivity index (χ2v) is 7.65. The van der Waals surface area contributed by atoms with Gasteiger partial charge in [-0.3, -0.25) is 4.79 Å². The van der Waals surface area contributed by atoms with Crippen LogP contribution in [0.3, 0.4) is 0 Å². The number of rotatable bonds is 4. The minimum atomic E-state index is -0.160. The third kappa shape index (κ3) is 2.06. The summed E-state index contributed by atoms with van der Waals surface area (Å²) in [4.78, 5) is 12.7. The van der Waals surface area contributed by atoms with Gasteiger partial charge in [0.2, 0.25) is 5.78 Å².